The second-order valence-electron chi connectivity index (χ2n) is 12.9. The molecule has 1 aliphatic heterocycles. The van der Waals surface area contributed by atoms with Gasteiger partial charge in [-0.05, 0) is 80.6 Å². The van der Waals surface area contributed by atoms with Crippen LogP contribution in [-0.4, -0.2) is 70.9 Å². The van der Waals surface area contributed by atoms with Gasteiger partial charge in [0.25, 0.3) is 0 Å². The second kappa shape index (κ2) is 18.3. The Labute approximate surface area is 315 Å². The van der Waals surface area contributed by atoms with Crippen LogP contribution in [0.15, 0.2) is 70.8 Å². The van der Waals surface area contributed by atoms with Gasteiger partial charge in [-0.15, -0.1) is 0 Å². The van der Waals surface area contributed by atoms with Gasteiger partial charge in [-0.3, -0.25) is 14.4 Å². The van der Waals surface area contributed by atoms with Crippen molar-refractivity contribution in [2.45, 2.75) is 85.8 Å². The van der Waals surface area contributed by atoms with Gasteiger partial charge in [0.2, 0.25) is 17.7 Å². The van der Waals surface area contributed by atoms with Crippen molar-refractivity contribution in [2.24, 2.45) is 11.5 Å². The number of alkyl halides is 3. The number of hydrogen-bond donors (Lipinski definition) is 6. The van der Waals surface area contributed by atoms with Crippen molar-refractivity contribution in [1.29, 1.82) is 0 Å². The summed E-state index contributed by atoms with van der Waals surface area (Å²) in [5, 5.41) is 10.1. The van der Waals surface area contributed by atoms with Gasteiger partial charge in [0, 0.05) is 65.3 Å². The van der Waals surface area contributed by atoms with Gasteiger partial charge in [-0.25, -0.2) is 4.98 Å². The maximum absolute atomic E-state index is 14.6. The average molecular weight is 773 g/mol. The molecule has 3 heterocycles. The number of likely N-dealkylation sites (N-methyl/N-ethyl adjacent to an activating group) is 1. The van der Waals surface area contributed by atoms with Gasteiger partial charge >= 0.3 is 6.18 Å². The van der Waals surface area contributed by atoms with Crippen LogP contribution in [0.5, 0.6) is 0 Å². The third-order valence-corrected chi connectivity index (χ3v) is 10.9. The molecule has 2 aromatic heterocycles. The predicted octanol–water partition coefficient (Wildman–Crippen LogP) is 4.90. The van der Waals surface area contributed by atoms with Crippen LogP contribution < -0.4 is 27.4 Å². The lowest BCUT2D eigenvalue weighted by molar-refractivity contribution is -0.142. The molecule has 16 heteroatoms. The first-order chi connectivity index (χ1) is 25.4. The van der Waals surface area contributed by atoms with Gasteiger partial charge in [0.1, 0.15) is 17.1 Å². The third kappa shape index (κ3) is 9.89. The predicted molar refractivity (Wildman–Crippen MR) is 199 cm³/mol. The summed E-state index contributed by atoms with van der Waals surface area (Å²) < 4.78 is 43.7. The first-order valence-electron chi connectivity index (χ1n) is 17.5. The van der Waals surface area contributed by atoms with Gasteiger partial charge in [-0.1, -0.05) is 47.6 Å². The van der Waals surface area contributed by atoms with Crippen molar-refractivity contribution < 1.29 is 27.6 Å². The number of pyridine rings is 1. The molecule has 284 valence electrons. The zero-order chi connectivity index (χ0) is 38.1. The Hall–Kier alpha value is -4.15. The number of carbonyl (C=O) groups excluding carboxylic acids is 3. The molecule has 11 nitrogen and oxygen atoms in total. The van der Waals surface area contributed by atoms with Crippen LogP contribution in [0.3, 0.4) is 0 Å². The Morgan fingerprint density at radius 2 is 1.70 bits per heavy atom. The lowest BCUT2D eigenvalue weighted by Crippen LogP contribution is -2.57. The Kier molecular flexibility index (Phi) is 13.8. The molecule has 5 rings (SSSR count). The summed E-state index contributed by atoms with van der Waals surface area (Å²) >= 11 is 7.37. The van der Waals surface area contributed by atoms with E-state index in [1.807, 2.05) is 24.3 Å². The Morgan fingerprint density at radius 3 is 2.45 bits per heavy atom. The molecule has 0 saturated carbocycles. The number of halogens is 4. The van der Waals surface area contributed by atoms with E-state index in [1.165, 1.54) is 18.1 Å². The highest BCUT2D eigenvalue weighted by Gasteiger charge is 2.37. The Bertz CT molecular complexity index is 1910. The summed E-state index contributed by atoms with van der Waals surface area (Å²) in [6, 6.07) is 9.99. The average Bonchev–Trinajstić information content (AvgIpc) is 3.55. The van der Waals surface area contributed by atoms with Crippen molar-refractivity contribution in [2.75, 3.05) is 20.1 Å². The van der Waals surface area contributed by atoms with Crippen LogP contribution in [0.25, 0.3) is 10.9 Å². The van der Waals surface area contributed by atoms with Gasteiger partial charge in [0.15, 0.2) is 0 Å². The molecule has 0 spiro atoms. The first-order valence-corrected chi connectivity index (χ1v) is 18.7. The number of amides is 3. The number of unbranched alkanes of at least 4 members (excludes halogenated alkanes) is 1. The van der Waals surface area contributed by atoms with Crippen molar-refractivity contribution in [3.8, 4) is 0 Å². The first kappa shape index (κ1) is 40.0. The van der Waals surface area contributed by atoms with E-state index in [2.05, 4.69) is 25.9 Å². The van der Waals surface area contributed by atoms with Crippen LogP contribution in [0.1, 0.15) is 54.4 Å². The number of nitrogens with two attached hydrogens (primary N) is 2. The van der Waals surface area contributed by atoms with Crippen LogP contribution in [-0.2, 0) is 40.1 Å². The number of nitrogens with one attached hydrogen (secondary N) is 4. The third-order valence-electron chi connectivity index (χ3n) is 9.32. The molecule has 0 radical (unpaired) electrons. The molecule has 0 bridgehead atoms. The summed E-state index contributed by atoms with van der Waals surface area (Å²) in [6.07, 6.45) is 0.762. The number of H-pyrrole nitrogens is 1. The van der Waals surface area contributed by atoms with E-state index in [1.54, 1.807) is 18.3 Å². The molecule has 0 aliphatic carbocycles. The van der Waals surface area contributed by atoms with Crippen molar-refractivity contribution in [1.82, 2.24) is 30.8 Å². The summed E-state index contributed by atoms with van der Waals surface area (Å²) in [5.41, 5.74) is 12.8. The van der Waals surface area contributed by atoms with Gasteiger partial charge in [-0.2, -0.15) is 13.2 Å². The zero-order valence-corrected chi connectivity index (χ0v) is 30.8. The number of rotatable bonds is 9. The van der Waals surface area contributed by atoms with Crippen LogP contribution >= 0.6 is 23.4 Å². The Morgan fingerprint density at radius 1 is 0.943 bits per heavy atom. The summed E-state index contributed by atoms with van der Waals surface area (Å²) in [5.74, 6) is -1.57. The van der Waals surface area contributed by atoms with E-state index in [0.717, 1.165) is 40.4 Å². The topological polar surface area (TPSA) is 171 Å². The number of carbonyl (C=O) groups is 3. The maximum atomic E-state index is 14.6. The number of benzene rings is 2. The number of aromatic amines is 1. The smallest absolute Gasteiger partial charge is 0.361 e. The molecule has 1 aliphatic rings. The van der Waals surface area contributed by atoms with E-state index in [0.29, 0.717) is 44.3 Å². The molecular weight excluding hydrogens is 729 g/mol. The molecule has 53 heavy (non-hydrogen) atoms. The van der Waals surface area contributed by atoms with E-state index >= 15 is 0 Å². The van der Waals surface area contributed by atoms with E-state index in [-0.39, 0.29) is 46.4 Å². The largest absolute Gasteiger partial charge is 0.417 e. The number of nitrogens with zero attached hydrogens (tertiary/aromatic N) is 2. The summed E-state index contributed by atoms with van der Waals surface area (Å²) in [7, 11) is 1.49. The highest BCUT2D eigenvalue weighted by molar-refractivity contribution is 7.99. The number of aromatic nitrogens is 2. The molecule has 0 unspecified atom stereocenters. The zero-order valence-electron chi connectivity index (χ0n) is 29.3. The minimum Gasteiger partial charge on any atom is -0.361 e. The second-order valence-corrected chi connectivity index (χ2v) is 14.3. The lowest BCUT2D eigenvalue weighted by Gasteiger charge is -2.32. The van der Waals surface area contributed by atoms with Crippen molar-refractivity contribution in [3.63, 3.8) is 0 Å². The fourth-order valence-corrected chi connectivity index (χ4v) is 7.82. The molecule has 0 saturated heterocycles. The molecule has 3 atom stereocenters. The van der Waals surface area contributed by atoms with Crippen LogP contribution in [0.2, 0.25) is 5.02 Å². The van der Waals surface area contributed by atoms with Crippen molar-refractivity contribution >= 4 is 52.0 Å². The molecule has 2 aromatic carbocycles. The van der Waals surface area contributed by atoms with E-state index in [4.69, 9.17) is 23.1 Å². The maximum Gasteiger partial charge on any atom is 0.417 e. The van der Waals surface area contributed by atoms with E-state index in [9.17, 15) is 27.6 Å². The monoisotopic (exact) mass is 772 g/mol. The number of fused-ring (bicyclic) bond motifs is 3. The van der Waals surface area contributed by atoms with Crippen LogP contribution in [0, 0.1) is 0 Å². The Balaban J connectivity index is 1.62. The summed E-state index contributed by atoms with van der Waals surface area (Å²) in [4.78, 5) is 51.2. The highest BCUT2D eigenvalue weighted by atomic mass is 35.5. The van der Waals surface area contributed by atoms with Gasteiger partial charge < -0.3 is 37.3 Å². The highest BCUT2D eigenvalue weighted by Crippen LogP contribution is 2.44. The molecule has 4 aromatic rings. The fraction of sp³-hybridized carbons (Fsp3) is 0.405. The summed E-state index contributed by atoms with van der Waals surface area (Å²) in [6.45, 7) is 0.408. The lowest BCUT2D eigenvalue weighted by atomic mass is 10.0. The molecule has 0 fully saturated rings. The quantitative estimate of drug-likeness (QED) is 0.131. The fourth-order valence-electron chi connectivity index (χ4n) is 6.37. The van der Waals surface area contributed by atoms with Gasteiger partial charge in [0.05, 0.1) is 11.6 Å². The normalized spacial score (nSPS) is 19.3. The van der Waals surface area contributed by atoms with E-state index < -0.39 is 47.6 Å². The van der Waals surface area contributed by atoms with Crippen molar-refractivity contribution in [3.05, 3.63) is 88.2 Å². The SMILES string of the molecule is CN1C(=O)[C@H](CCCCN)NC(=O)[C@H](CCCN)NCc2cccnc2Sc2c(C(F)(F)F)ccc(Cl)c2CNC(=O)[C@@H]1Cc1c[nH]c2ccccc12. The number of hydrogen-bond acceptors (Lipinski definition) is 8. The number of para-hydroxylation sites is 1. The van der Waals surface area contributed by atoms with Crippen LogP contribution in [0.4, 0.5) is 13.2 Å². The molecular formula is C37H44ClF3N8O3S. The minimum absolute atomic E-state index is 0.0172. The molecule has 3 amide bonds. The molecule has 8 N–H and O–H groups in total. The minimum atomic E-state index is -4.76. The standard InChI is InChI=1S/C37H44ClF3N8O3S/c1-49-31(18-23-20-45-28-10-3-2-9-24(23)28)34(51)47-21-25-27(38)14-13-26(37(39,40)41)32(25)53-35-22(8-7-17-44-35)19-46-29(12-6-16-43)33(50)48-30(36(49)52)11-4-5-15-42/h2-3,7-10,13-14,17,20,29-31,45-46H,4-6,11-12,15-16,18-19,21,42-43H2,1H3,(H,47,51)(H,48,50)/t29-,30-,31-/m0/s1.